The first kappa shape index (κ1) is 12.8. The van der Waals surface area contributed by atoms with Crippen molar-refractivity contribution in [1.29, 1.82) is 0 Å². The molecule has 1 aliphatic heterocycles. The van der Waals surface area contributed by atoms with Gasteiger partial charge in [0.05, 0.1) is 4.92 Å². The second-order valence-corrected chi connectivity index (χ2v) is 4.66. The summed E-state index contributed by atoms with van der Waals surface area (Å²) in [6.45, 7) is 2.81. The van der Waals surface area contributed by atoms with Crippen LogP contribution in [0.25, 0.3) is 0 Å². The van der Waals surface area contributed by atoms with Crippen molar-refractivity contribution in [3.63, 3.8) is 0 Å². The third-order valence-electron chi connectivity index (χ3n) is 3.44. The van der Waals surface area contributed by atoms with E-state index in [0.29, 0.717) is 5.92 Å². The summed E-state index contributed by atoms with van der Waals surface area (Å²) in [6, 6.07) is 6.79. The van der Waals surface area contributed by atoms with E-state index < -0.39 is 0 Å². The van der Waals surface area contributed by atoms with Gasteiger partial charge in [0.1, 0.15) is 0 Å². The standard InChI is InChI=1S/C13H18N2O3/c1-18-10-11-6-8-14(9-7-11)12-2-4-13(5-3-12)15(16)17/h2-5,11H,6-10H2,1H3. The number of nitro groups is 1. The molecule has 1 heterocycles. The molecule has 0 spiro atoms. The van der Waals surface area contributed by atoms with Crippen LogP contribution in [0.2, 0.25) is 0 Å². The number of ether oxygens (including phenoxy) is 1. The minimum atomic E-state index is -0.366. The minimum Gasteiger partial charge on any atom is -0.384 e. The summed E-state index contributed by atoms with van der Waals surface area (Å²) in [5.74, 6) is 0.643. The van der Waals surface area contributed by atoms with Crippen molar-refractivity contribution in [3.05, 3.63) is 34.4 Å². The fraction of sp³-hybridized carbons (Fsp3) is 0.538. The van der Waals surface area contributed by atoms with E-state index in [0.717, 1.165) is 38.2 Å². The molecule has 1 saturated heterocycles. The summed E-state index contributed by atoms with van der Waals surface area (Å²) in [6.07, 6.45) is 2.23. The van der Waals surface area contributed by atoms with Crippen LogP contribution < -0.4 is 4.90 Å². The molecule has 5 nitrogen and oxygen atoms in total. The van der Waals surface area contributed by atoms with Crippen LogP contribution >= 0.6 is 0 Å². The van der Waals surface area contributed by atoms with Crippen molar-refractivity contribution in [3.8, 4) is 0 Å². The van der Waals surface area contributed by atoms with E-state index in [1.54, 1.807) is 19.2 Å². The first-order valence-corrected chi connectivity index (χ1v) is 6.19. The maximum absolute atomic E-state index is 10.6. The number of benzene rings is 1. The Kier molecular flexibility index (Phi) is 4.15. The van der Waals surface area contributed by atoms with Gasteiger partial charge < -0.3 is 9.64 Å². The van der Waals surface area contributed by atoms with Crippen LogP contribution in [0.3, 0.4) is 0 Å². The summed E-state index contributed by atoms with van der Waals surface area (Å²) in [7, 11) is 1.74. The zero-order valence-corrected chi connectivity index (χ0v) is 10.5. The van der Waals surface area contributed by atoms with E-state index in [1.807, 2.05) is 12.1 Å². The van der Waals surface area contributed by atoms with E-state index in [4.69, 9.17) is 4.74 Å². The number of hydrogen-bond acceptors (Lipinski definition) is 4. The number of methoxy groups -OCH3 is 1. The highest BCUT2D eigenvalue weighted by molar-refractivity contribution is 5.51. The fourth-order valence-corrected chi connectivity index (χ4v) is 2.38. The number of rotatable bonds is 4. The van der Waals surface area contributed by atoms with Crippen LogP contribution in [-0.4, -0.2) is 31.7 Å². The summed E-state index contributed by atoms with van der Waals surface area (Å²) < 4.78 is 5.17. The van der Waals surface area contributed by atoms with Gasteiger partial charge in [-0.1, -0.05) is 0 Å². The van der Waals surface area contributed by atoms with Crippen molar-refractivity contribution in [1.82, 2.24) is 0 Å². The van der Waals surface area contributed by atoms with Crippen LogP contribution in [0.15, 0.2) is 24.3 Å². The Labute approximate surface area is 107 Å². The second kappa shape index (κ2) is 5.82. The van der Waals surface area contributed by atoms with Gasteiger partial charge >= 0.3 is 0 Å². The lowest BCUT2D eigenvalue weighted by molar-refractivity contribution is -0.384. The maximum Gasteiger partial charge on any atom is 0.269 e. The summed E-state index contributed by atoms with van der Waals surface area (Å²) >= 11 is 0. The smallest absolute Gasteiger partial charge is 0.269 e. The second-order valence-electron chi connectivity index (χ2n) is 4.66. The third kappa shape index (κ3) is 2.98. The number of nitrogens with zero attached hydrogens (tertiary/aromatic N) is 2. The Balaban J connectivity index is 1.95. The van der Waals surface area contributed by atoms with Gasteiger partial charge in [0.2, 0.25) is 0 Å². The summed E-state index contributed by atoms with van der Waals surface area (Å²) in [5.41, 5.74) is 1.21. The largest absolute Gasteiger partial charge is 0.384 e. The van der Waals surface area contributed by atoms with E-state index in [2.05, 4.69) is 4.90 Å². The van der Waals surface area contributed by atoms with Crippen LogP contribution in [0.5, 0.6) is 0 Å². The monoisotopic (exact) mass is 250 g/mol. The number of anilines is 1. The Bertz CT molecular complexity index is 397. The predicted octanol–water partition coefficient (Wildman–Crippen LogP) is 2.46. The lowest BCUT2D eigenvalue weighted by atomic mass is 9.97. The Hall–Kier alpha value is -1.62. The average Bonchev–Trinajstić information content (AvgIpc) is 2.40. The molecule has 0 radical (unpaired) electrons. The first-order chi connectivity index (χ1) is 8.70. The maximum atomic E-state index is 10.6. The Morgan fingerprint density at radius 3 is 2.44 bits per heavy atom. The van der Waals surface area contributed by atoms with Gasteiger partial charge in [0, 0.05) is 44.6 Å². The molecule has 0 aromatic heterocycles. The highest BCUT2D eigenvalue weighted by atomic mass is 16.6. The van der Waals surface area contributed by atoms with Crippen molar-refractivity contribution >= 4 is 11.4 Å². The quantitative estimate of drug-likeness (QED) is 0.608. The van der Waals surface area contributed by atoms with Gasteiger partial charge in [0.15, 0.2) is 0 Å². The third-order valence-corrected chi connectivity index (χ3v) is 3.44. The highest BCUT2D eigenvalue weighted by Gasteiger charge is 2.19. The number of non-ortho nitro benzene ring substituents is 1. The SMILES string of the molecule is COCC1CCN(c2ccc([N+](=O)[O-])cc2)CC1. The molecule has 0 amide bonds. The van der Waals surface area contributed by atoms with Gasteiger partial charge in [-0.15, -0.1) is 0 Å². The molecule has 1 fully saturated rings. The molecular formula is C13H18N2O3. The minimum absolute atomic E-state index is 0.146. The molecule has 1 aromatic carbocycles. The van der Waals surface area contributed by atoms with Crippen LogP contribution in [0, 0.1) is 16.0 Å². The Morgan fingerprint density at radius 1 is 1.33 bits per heavy atom. The molecule has 1 aromatic rings. The van der Waals surface area contributed by atoms with Gasteiger partial charge in [-0.05, 0) is 30.9 Å². The molecule has 98 valence electrons. The van der Waals surface area contributed by atoms with Crippen LogP contribution in [-0.2, 0) is 4.74 Å². The molecule has 0 saturated carbocycles. The molecule has 18 heavy (non-hydrogen) atoms. The van der Waals surface area contributed by atoms with E-state index in [9.17, 15) is 10.1 Å². The van der Waals surface area contributed by atoms with Gasteiger partial charge in [0.25, 0.3) is 5.69 Å². The van der Waals surface area contributed by atoms with Crippen molar-refractivity contribution in [2.24, 2.45) is 5.92 Å². The fourth-order valence-electron chi connectivity index (χ4n) is 2.38. The highest BCUT2D eigenvalue weighted by Crippen LogP contribution is 2.25. The molecule has 0 N–H and O–H groups in total. The van der Waals surface area contributed by atoms with Crippen LogP contribution in [0.1, 0.15) is 12.8 Å². The van der Waals surface area contributed by atoms with Crippen molar-refractivity contribution in [2.45, 2.75) is 12.8 Å². The van der Waals surface area contributed by atoms with E-state index in [-0.39, 0.29) is 10.6 Å². The molecule has 0 atom stereocenters. The van der Waals surface area contributed by atoms with Gasteiger partial charge in [-0.2, -0.15) is 0 Å². The topological polar surface area (TPSA) is 55.6 Å². The lowest BCUT2D eigenvalue weighted by Gasteiger charge is -2.33. The molecule has 2 rings (SSSR count). The van der Waals surface area contributed by atoms with Gasteiger partial charge in [-0.25, -0.2) is 0 Å². The zero-order chi connectivity index (χ0) is 13.0. The van der Waals surface area contributed by atoms with Crippen molar-refractivity contribution < 1.29 is 9.66 Å². The molecule has 5 heteroatoms. The predicted molar refractivity (Wildman–Crippen MR) is 69.9 cm³/mol. The molecule has 0 bridgehead atoms. The normalized spacial score (nSPS) is 16.8. The molecule has 1 aliphatic rings. The summed E-state index contributed by atoms with van der Waals surface area (Å²) in [5, 5.41) is 10.6. The first-order valence-electron chi connectivity index (χ1n) is 6.19. The average molecular weight is 250 g/mol. The molecule has 0 aliphatic carbocycles. The number of nitro benzene ring substituents is 1. The Morgan fingerprint density at radius 2 is 1.94 bits per heavy atom. The molecule has 0 unspecified atom stereocenters. The van der Waals surface area contributed by atoms with Crippen LogP contribution in [0.4, 0.5) is 11.4 Å². The summed E-state index contributed by atoms with van der Waals surface area (Å²) in [4.78, 5) is 12.5. The van der Waals surface area contributed by atoms with Gasteiger partial charge in [-0.3, -0.25) is 10.1 Å². The zero-order valence-electron chi connectivity index (χ0n) is 10.5. The van der Waals surface area contributed by atoms with E-state index >= 15 is 0 Å². The molecular weight excluding hydrogens is 232 g/mol. The van der Waals surface area contributed by atoms with E-state index in [1.165, 1.54) is 0 Å². The van der Waals surface area contributed by atoms with Crippen molar-refractivity contribution in [2.75, 3.05) is 31.7 Å². The number of piperidine rings is 1. The number of hydrogen-bond donors (Lipinski definition) is 0. The lowest BCUT2D eigenvalue weighted by Crippen LogP contribution is -2.34.